The van der Waals surface area contributed by atoms with Crippen molar-refractivity contribution in [1.82, 2.24) is 15.5 Å². The summed E-state index contributed by atoms with van der Waals surface area (Å²) in [4.78, 5) is 38.3. The van der Waals surface area contributed by atoms with Crippen molar-refractivity contribution in [2.45, 2.75) is 70.4 Å². The van der Waals surface area contributed by atoms with Gasteiger partial charge in [-0.05, 0) is 31.6 Å². The number of nitrogens with zero attached hydrogens (tertiary/aromatic N) is 1. The van der Waals surface area contributed by atoms with Gasteiger partial charge in [0.2, 0.25) is 5.91 Å². The molecule has 2 rings (SSSR count). The van der Waals surface area contributed by atoms with Gasteiger partial charge >= 0.3 is 6.03 Å². The van der Waals surface area contributed by atoms with Crippen LogP contribution in [0.1, 0.15) is 59.3 Å². The summed E-state index contributed by atoms with van der Waals surface area (Å²) in [5.74, 6) is -0.525. The Bertz CT molecular complexity index is 524. The van der Waals surface area contributed by atoms with E-state index in [1.807, 2.05) is 20.8 Å². The lowest BCUT2D eigenvalue weighted by Gasteiger charge is -2.36. The van der Waals surface area contributed by atoms with Crippen molar-refractivity contribution in [3.05, 3.63) is 0 Å². The first kappa shape index (κ1) is 21.7. The van der Waals surface area contributed by atoms with Crippen LogP contribution in [0.25, 0.3) is 0 Å². The summed E-state index contributed by atoms with van der Waals surface area (Å²) < 4.78 is 0. The molecular formula is C17H31ClN4O3. The molecule has 7 nitrogen and oxygen atoms in total. The second-order valence-corrected chi connectivity index (χ2v) is 7.29. The Morgan fingerprint density at radius 1 is 1.36 bits per heavy atom. The van der Waals surface area contributed by atoms with Gasteiger partial charge in [-0.3, -0.25) is 14.5 Å². The zero-order valence-corrected chi connectivity index (χ0v) is 16.2. The van der Waals surface area contributed by atoms with E-state index in [0.29, 0.717) is 13.0 Å². The highest BCUT2D eigenvalue weighted by Gasteiger charge is 2.55. The summed E-state index contributed by atoms with van der Waals surface area (Å²) in [5.41, 5.74) is 4.89. The van der Waals surface area contributed by atoms with Crippen molar-refractivity contribution in [3.63, 3.8) is 0 Å². The van der Waals surface area contributed by atoms with Crippen LogP contribution in [0.15, 0.2) is 0 Å². The largest absolute Gasteiger partial charge is 0.353 e. The van der Waals surface area contributed by atoms with E-state index in [-0.39, 0.29) is 36.7 Å². The minimum absolute atomic E-state index is 0. The first-order chi connectivity index (χ1) is 11.3. The Morgan fingerprint density at radius 2 is 2.00 bits per heavy atom. The third kappa shape index (κ3) is 4.26. The highest BCUT2D eigenvalue weighted by atomic mass is 35.5. The van der Waals surface area contributed by atoms with Crippen LogP contribution in [-0.4, -0.2) is 46.9 Å². The normalized spacial score (nSPS) is 26.4. The number of nitrogens with two attached hydrogens (primary N) is 1. The van der Waals surface area contributed by atoms with Gasteiger partial charge in [0.1, 0.15) is 12.1 Å². The number of carbonyl (C=O) groups excluding carboxylic acids is 3. The number of halogens is 1. The standard InChI is InChI=1S/C17H30N4O3.ClH/c1-4-16(18,5-2)11-19-13(22)10-21-14(23)17(20-15(21)24)9-7-6-8-12(17)3;/h12H,4-11,18H2,1-3H3,(H,19,22)(H,20,24);1H. The monoisotopic (exact) mass is 374 g/mol. The predicted molar refractivity (Wildman–Crippen MR) is 98.4 cm³/mol. The maximum Gasteiger partial charge on any atom is 0.325 e. The van der Waals surface area contributed by atoms with E-state index in [9.17, 15) is 14.4 Å². The van der Waals surface area contributed by atoms with Crippen LogP contribution in [0, 0.1) is 5.92 Å². The highest BCUT2D eigenvalue weighted by Crippen LogP contribution is 2.38. The quantitative estimate of drug-likeness (QED) is 0.613. The maximum absolute atomic E-state index is 12.8. The second kappa shape index (κ2) is 8.36. The molecule has 1 saturated heterocycles. The van der Waals surface area contributed by atoms with Gasteiger partial charge in [0, 0.05) is 12.1 Å². The van der Waals surface area contributed by atoms with Crippen LogP contribution >= 0.6 is 12.4 Å². The van der Waals surface area contributed by atoms with Gasteiger partial charge in [-0.1, -0.05) is 33.6 Å². The fourth-order valence-corrected chi connectivity index (χ4v) is 3.61. The van der Waals surface area contributed by atoms with E-state index in [4.69, 9.17) is 5.73 Å². The average Bonchev–Trinajstić information content (AvgIpc) is 2.80. The third-order valence-electron chi connectivity index (χ3n) is 5.85. The third-order valence-corrected chi connectivity index (χ3v) is 5.85. The Hall–Kier alpha value is -1.34. The van der Waals surface area contributed by atoms with Crippen LogP contribution in [0.2, 0.25) is 0 Å². The molecular weight excluding hydrogens is 344 g/mol. The molecule has 1 heterocycles. The minimum atomic E-state index is -0.819. The SMILES string of the molecule is CCC(N)(CC)CNC(=O)CN1C(=O)NC2(CCCCC2C)C1=O.Cl. The zero-order valence-electron chi connectivity index (χ0n) is 15.4. The topological polar surface area (TPSA) is 105 Å². The van der Waals surface area contributed by atoms with Crippen LogP contribution in [0.3, 0.4) is 0 Å². The number of urea groups is 1. The maximum atomic E-state index is 12.8. The Labute approximate surface area is 155 Å². The first-order valence-electron chi connectivity index (χ1n) is 8.97. The second-order valence-electron chi connectivity index (χ2n) is 7.29. The number of hydrogen-bond acceptors (Lipinski definition) is 4. The fourth-order valence-electron chi connectivity index (χ4n) is 3.61. The Balaban J connectivity index is 0.00000312. The zero-order chi connectivity index (χ0) is 18.0. The number of rotatable bonds is 6. The summed E-state index contributed by atoms with van der Waals surface area (Å²) in [6.07, 6.45) is 5.03. The van der Waals surface area contributed by atoms with Crippen molar-refractivity contribution in [2.24, 2.45) is 11.7 Å². The van der Waals surface area contributed by atoms with Crippen molar-refractivity contribution in [3.8, 4) is 0 Å². The number of hydrogen-bond donors (Lipinski definition) is 3. The van der Waals surface area contributed by atoms with E-state index >= 15 is 0 Å². The summed E-state index contributed by atoms with van der Waals surface area (Å²) in [6, 6.07) is -0.464. The number of carbonyl (C=O) groups is 3. The molecule has 0 radical (unpaired) electrons. The molecule has 0 bridgehead atoms. The molecule has 2 atom stereocenters. The number of imide groups is 1. The van der Waals surface area contributed by atoms with E-state index < -0.39 is 17.1 Å². The van der Waals surface area contributed by atoms with Gasteiger partial charge in [-0.25, -0.2) is 4.79 Å². The Morgan fingerprint density at radius 3 is 2.56 bits per heavy atom. The van der Waals surface area contributed by atoms with Gasteiger partial charge in [-0.2, -0.15) is 0 Å². The number of nitrogens with one attached hydrogen (secondary N) is 2. The molecule has 8 heteroatoms. The molecule has 0 aromatic carbocycles. The molecule has 2 fully saturated rings. The fraction of sp³-hybridized carbons (Fsp3) is 0.824. The van der Waals surface area contributed by atoms with Crippen LogP contribution in [0.5, 0.6) is 0 Å². The molecule has 2 aliphatic rings. The lowest BCUT2D eigenvalue weighted by molar-refractivity contribution is -0.137. The smallest absolute Gasteiger partial charge is 0.325 e. The van der Waals surface area contributed by atoms with Crippen LogP contribution in [0.4, 0.5) is 4.79 Å². The molecule has 0 aromatic heterocycles. The van der Waals surface area contributed by atoms with Gasteiger partial charge in [0.15, 0.2) is 0 Å². The summed E-state index contributed by atoms with van der Waals surface area (Å²) >= 11 is 0. The highest BCUT2D eigenvalue weighted by molar-refractivity contribution is 6.09. The van der Waals surface area contributed by atoms with E-state index in [1.54, 1.807) is 0 Å². The predicted octanol–water partition coefficient (Wildman–Crippen LogP) is 1.54. The molecule has 2 unspecified atom stereocenters. The molecule has 1 saturated carbocycles. The average molecular weight is 375 g/mol. The molecule has 25 heavy (non-hydrogen) atoms. The van der Waals surface area contributed by atoms with Gasteiger partial charge in [0.25, 0.3) is 5.91 Å². The van der Waals surface area contributed by atoms with Crippen molar-refractivity contribution in [1.29, 1.82) is 0 Å². The van der Waals surface area contributed by atoms with E-state index in [1.165, 1.54) is 0 Å². The van der Waals surface area contributed by atoms with Crippen molar-refractivity contribution >= 4 is 30.3 Å². The van der Waals surface area contributed by atoms with Crippen molar-refractivity contribution in [2.75, 3.05) is 13.1 Å². The molecule has 1 aliphatic heterocycles. The lowest BCUT2D eigenvalue weighted by atomic mass is 9.73. The summed E-state index contributed by atoms with van der Waals surface area (Å²) in [6.45, 7) is 6.03. The summed E-state index contributed by atoms with van der Waals surface area (Å²) in [7, 11) is 0. The van der Waals surface area contributed by atoms with Gasteiger partial charge in [-0.15, -0.1) is 12.4 Å². The lowest BCUT2D eigenvalue weighted by Crippen LogP contribution is -2.54. The molecule has 144 valence electrons. The van der Waals surface area contributed by atoms with Crippen LogP contribution < -0.4 is 16.4 Å². The number of amides is 4. The van der Waals surface area contributed by atoms with E-state index in [2.05, 4.69) is 10.6 Å². The minimum Gasteiger partial charge on any atom is -0.353 e. The van der Waals surface area contributed by atoms with E-state index in [0.717, 1.165) is 37.0 Å². The van der Waals surface area contributed by atoms with Crippen molar-refractivity contribution < 1.29 is 14.4 Å². The Kier molecular flexibility index (Phi) is 7.26. The molecule has 4 N–H and O–H groups in total. The molecule has 1 spiro atoms. The molecule has 1 aliphatic carbocycles. The first-order valence-corrected chi connectivity index (χ1v) is 8.97. The molecule has 0 aromatic rings. The van der Waals surface area contributed by atoms with Gasteiger partial charge in [0.05, 0.1) is 0 Å². The summed E-state index contributed by atoms with van der Waals surface area (Å²) in [5, 5.41) is 5.61. The van der Waals surface area contributed by atoms with Crippen LogP contribution in [-0.2, 0) is 9.59 Å². The van der Waals surface area contributed by atoms with Gasteiger partial charge < -0.3 is 16.4 Å². The molecule has 4 amide bonds.